The molecular formula is C12H11NO4S2. The van der Waals surface area contributed by atoms with Gasteiger partial charge in [-0.25, -0.2) is 17.9 Å². The van der Waals surface area contributed by atoms with E-state index in [1.807, 2.05) is 16.8 Å². The Kier molecular flexibility index (Phi) is 3.98. The van der Waals surface area contributed by atoms with Crippen molar-refractivity contribution < 1.29 is 18.3 Å². The van der Waals surface area contributed by atoms with Crippen LogP contribution in [-0.2, 0) is 16.6 Å². The van der Waals surface area contributed by atoms with E-state index < -0.39 is 16.0 Å². The van der Waals surface area contributed by atoms with Crippen molar-refractivity contribution in [2.24, 2.45) is 0 Å². The molecule has 0 aliphatic carbocycles. The number of nitrogens with one attached hydrogen (secondary N) is 1. The molecule has 100 valence electrons. The average molecular weight is 297 g/mol. The molecule has 2 aromatic rings. The summed E-state index contributed by atoms with van der Waals surface area (Å²) in [5.74, 6) is -1.09. The molecule has 0 fully saturated rings. The fraction of sp³-hybridized carbons (Fsp3) is 0.0833. The lowest BCUT2D eigenvalue weighted by Crippen LogP contribution is -2.23. The Morgan fingerprint density at radius 1 is 1.21 bits per heavy atom. The van der Waals surface area contributed by atoms with Gasteiger partial charge in [-0.1, -0.05) is 0 Å². The van der Waals surface area contributed by atoms with Gasteiger partial charge in [0, 0.05) is 6.54 Å². The summed E-state index contributed by atoms with van der Waals surface area (Å²) in [6.07, 6.45) is 0. The highest BCUT2D eigenvalue weighted by Crippen LogP contribution is 2.12. The van der Waals surface area contributed by atoms with E-state index in [1.165, 1.54) is 35.6 Å². The van der Waals surface area contributed by atoms with Gasteiger partial charge in [-0.3, -0.25) is 0 Å². The summed E-state index contributed by atoms with van der Waals surface area (Å²) in [6.45, 7) is 0.215. The molecule has 2 rings (SSSR count). The Morgan fingerprint density at radius 2 is 1.89 bits per heavy atom. The smallest absolute Gasteiger partial charge is 0.335 e. The highest BCUT2D eigenvalue weighted by molar-refractivity contribution is 7.89. The first kappa shape index (κ1) is 13.7. The minimum atomic E-state index is -3.62. The molecule has 0 amide bonds. The maximum absolute atomic E-state index is 12.0. The van der Waals surface area contributed by atoms with Gasteiger partial charge in [-0.05, 0) is 46.7 Å². The summed E-state index contributed by atoms with van der Waals surface area (Å²) in [4.78, 5) is 10.7. The summed E-state index contributed by atoms with van der Waals surface area (Å²) in [7, 11) is -3.62. The number of hydrogen-bond acceptors (Lipinski definition) is 4. The monoisotopic (exact) mass is 297 g/mol. The van der Waals surface area contributed by atoms with Gasteiger partial charge >= 0.3 is 5.97 Å². The van der Waals surface area contributed by atoms with E-state index in [-0.39, 0.29) is 17.0 Å². The maximum Gasteiger partial charge on any atom is 0.335 e. The van der Waals surface area contributed by atoms with Crippen LogP contribution in [0.4, 0.5) is 0 Å². The number of aromatic carboxylic acids is 1. The molecule has 0 radical (unpaired) electrons. The third-order valence-corrected chi connectivity index (χ3v) is 4.61. The molecule has 0 spiro atoms. The zero-order valence-corrected chi connectivity index (χ0v) is 11.4. The second kappa shape index (κ2) is 5.52. The van der Waals surface area contributed by atoms with Crippen LogP contribution in [0.5, 0.6) is 0 Å². The van der Waals surface area contributed by atoms with Gasteiger partial charge in [-0.15, -0.1) is 0 Å². The SMILES string of the molecule is O=C(O)c1ccc(S(=O)(=O)NCc2ccsc2)cc1. The standard InChI is InChI=1S/C12H11NO4S2/c14-12(15)10-1-3-11(4-2-10)19(16,17)13-7-9-5-6-18-8-9/h1-6,8,13H,7H2,(H,14,15). The van der Waals surface area contributed by atoms with Crippen LogP contribution in [0.1, 0.15) is 15.9 Å². The molecule has 0 aliphatic rings. The molecule has 0 saturated carbocycles. The maximum atomic E-state index is 12.0. The fourth-order valence-electron chi connectivity index (χ4n) is 1.43. The first-order valence-corrected chi connectivity index (χ1v) is 7.76. The van der Waals surface area contributed by atoms with Crippen molar-refractivity contribution in [3.8, 4) is 0 Å². The van der Waals surface area contributed by atoms with Crippen molar-refractivity contribution >= 4 is 27.3 Å². The van der Waals surface area contributed by atoms with Gasteiger partial charge in [0.1, 0.15) is 0 Å². The second-order valence-electron chi connectivity index (χ2n) is 3.79. The van der Waals surface area contributed by atoms with E-state index in [4.69, 9.17) is 5.11 Å². The number of rotatable bonds is 5. The van der Waals surface area contributed by atoms with Crippen LogP contribution in [0.15, 0.2) is 46.0 Å². The Bertz CT molecular complexity index is 660. The van der Waals surface area contributed by atoms with Gasteiger partial charge in [0.15, 0.2) is 0 Å². The average Bonchev–Trinajstić information content (AvgIpc) is 2.90. The lowest BCUT2D eigenvalue weighted by atomic mass is 10.2. The van der Waals surface area contributed by atoms with Crippen molar-refractivity contribution in [2.75, 3.05) is 0 Å². The van der Waals surface area contributed by atoms with Crippen molar-refractivity contribution in [1.29, 1.82) is 0 Å². The Hall–Kier alpha value is -1.70. The highest BCUT2D eigenvalue weighted by Gasteiger charge is 2.14. The van der Waals surface area contributed by atoms with E-state index in [1.54, 1.807) is 0 Å². The number of hydrogen-bond donors (Lipinski definition) is 2. The zero-order chi connectivity index (χ0) is 13.9. The van der Waals surface area contributed by atoms with Crippen molar-refractivity contribution in [2.45, 2.75) is 11.4 Å². The Labute approximate surface area is 114 Å². The molecule has 0 aliphatic heterocycles. The molecule has 0 atom stereocenters. The zero-order valence-electron chi connectivity index (χ0n) is 9.74. The third-order valence-electron chi connectivity index (χ3n) is 2.46. The summed E-state index contributed by atoms with van der Waals surface area (Å²) in [6, 6.07) is 6.92. The predicted octanol–water partition coefficient (Wildman–Crippen LogP) is 1.92. The largest absolute Gasteiger partial charge is 0.478 e. The molecule has 1 aromatic heterocycles. The number of benzene rings is 1. The topological polar surface area (TPSA) is 83.5 Å². The van der Waals surface area contributed by atoms with Crippen LogP contribution in [0, 0.1) is 0 Å². The van der Waals surface area contributed by atoms with E-state index in [9.17, 15) is 13.2 Å². The van der Waals surface area contributed by atoms with Crippen LogP contribution in [0.3, 0.4) is 0 Å². The lowest BCUT2D eigenvalue weighted by molar-refractivity contribution is 0.0697. The number of sulfonamides is 1. The van der Waals surface area contributed by atoms with Gasteiger partial charge in [0.2, 0.25) is 10.0 Å². The van der Waals surface area contributed by atoms with Crippen LogP contribution in [-0.4, -0.2) is 19.5 Å². The number of thiophene rings is 1. The quantitative estimate of drug-likeness (QED) is 0.883. The van der Waals surface area contributed by atoms with Crippen LogP contribution >= 0.6 is 11.3 Å². The second-order valence-corrected chi connectivity index (χ2v) is 6.33. The molecule has 19 heavy (non-hydrogen) atoms. The number of carboxylic acids is 1. The summed E-state index contributed by atoms with van der Waals surface area (Å²) in [5.41, 5.74) is 0.938. The van der Waals surface area contributed by atoms with Gasteiger partial charge < -0.3 is 5.11 Å². The Balaban J connectivity index is 2.13. The first-order chi connectivity index (χ1) is 8.99. The summed E-state index contributed by atoms with van der Waals surface area (Å²) >= 11 is 1.49. The summed E-state index contributed by atoms with van der Waals surface area (Å²) < 4.78 is 26.4. The first-order valence-electron chi connectivity index (χ1n) is 5.33. The Morgan fingerprint density at radius 3 is 2.42 bits per heavy atom. The van der Waals surface area contributed by atoms with Crippen LogP contribution < -0.4 is 4.72 Å². The molecule has 2 N–H and O–H groups in total. The van der Waals surface area contributed by atoms with Gasteiger partial charge in [0.25, 0.3) is 0 Å². The minimum absolute atomic E-state index is 0.0488. The van der Waals surface area contributed by atoms with Crippen LogP contribution in [0.2, 0.25) is 0 Å². The molecule has 5 nitrogen and oxygen atoms in total. The number of carbonyl (C=O) groups is 1. The number of carboxylic acid groups (broad SMARTS) is 1. The van der Waals surface area contributed by atoms with Crippen molar-refractivity contribution in [3.05, 3.63) is 52.2 Å². The normalized spacial score (nSPS) is 11.4. The minimum Gasteiger partial charge on any atom is -0.478 e. The van der Waals surface area contributed by atoms with E-state index in [2.05, 4.69) is 4.72 Å². The third kappa shape index (κ3) is 3.40. The highest BCUT2D eigenvalue weighted by atomic mass is 32.2. The molecule has 1 aromatic carbocycles. The molecule has 0 unspecified atom stereocenters. The van der Waals surface area contributed by atoms with Crippen molar-refractivity contribution in [1.82, 2.24) is 4.72 Å². The van der Waals surface area contributed by atoms with E-state index >= 15 is 0 Å². The molecule has 7 heteroatoms. The summed E-state index contributed by atoms with van der Waals surface area (Å²) in [5, 5.41) is 12.5. The predicted molar refractivity (Wildman–Crippen MR) is 71.7 cm³/mol. The van der Waals surface area contributed by atoms with Crippen LogP contribution in [0.25, 0.3) is 0 Å². The van der Waals surface area contributed by atoms with Crippen molar-refractivity contribution in [3.63, 3.8) is 0 Å². The van der Waals surface area contributed by atoms with E-state index in [0.29, 0.717) is 0 Å². The lowest BCUT2D eigenvalue weighted by Gasteiger charge is -2.06. The molecule has 0 bridgehead atoms. The van der Waals surface area contributed by atoms with Gasteiger partial charge in [0.05, 0.1) is 10.5 Å². The molecular weight excluding hydrogens is 286 g/mol. The molecule has 0 saturated heterocycles. The fourth-order valence-corrected chi connectivity index (χ4v) is 3.12. The molecule has 1 heterocycles. The van der Waals surface area contributed by atoms with E-state index in [0.717, 1.165) is 5.56 Å². The van der Waals surface area contributed by atoms with Gasteiger partial charge in [-0.2, -0.15) is 11.3 Å².